The Balaban J connectivity index is 2.63. The molecule has 0 aromatic rings. The molecule has 1 radical (unpaired) electrons. The molecule has 0 aromatic carbocycles. The highest BCUT2D eigenvalue weighted by Crippen LogP contribution is 2.20. The molecule has 0 aromatic heterocycles. The van der Waals surface area contributed by atoms with Gasteiger partial charge in [-0.15, -0.1) is 11.6 Å². The van der Waals surface area contributed by atoms with Gasteiger partial charge in [0, 0.05) is 0 Å². The summed E-state index contributed by atoms with van der Waals surface area (Å²) in [5, 5.41) is 0. The summed E-state index contributed by atoms with van der Waals surface area (Å²) in [6.45, 7) is 2.09. The van der Waals surface area contributed by atoms with Gasteiger partial charge in [0.05, 0.1) is 0 Å². The maximum atomic E-state index is 5.41. The van der Waals surface area contributed by atoms with Crippen molar-refractivity contribution in [3.8, 4) is 0 Å². The first-order chi connectivity index (χ1) is 2.77. The summed E-state index contributed by atoms with van der Waals surface area (Å²) in [5.74, 6) is 0. The standard InChI is InChI=1S/C4H7BrCl/c1-2-3-4(5)6/h2-3H2,1H3. The van der Waals surface area contributed by atoms with Crippen LogP contribution in [0.1, 0.15) is 19.8 Å². The van der Waals surface area contributed by atoms with Crippen molar-refractivity contribution in [2.45, 2.75) is 19.8 Å². The minimum atomic E-state index is 0.824. The molecule has 0 unspecified atom stereocenters. The Morgan fingerprint density at radius 3 is 2.33 bits per heavy atom. The number of hydrogen-bond acceptors (Lipinski definition) is 0. The molecular weight excluding hydrogens is 163 g/mol. The third kappa shape index (κ3) is 4.77. The first kappa shape index (κ1) is 6.77. The topological polar surface area (TPSA) is 0 Å². The van der Waals surface area contributed by atoms with Crippen molar-refractivity contribution in [2.24, 2.45) is 0 Å². The first-order valence-corrected chi connectivity index (χ1v) is 3.11. The molecule has 0 amide bonds. The molecule has 37 valence electrons. The molecule has 0 spiro atoms. The van der Waals surface area contributed by atoms with Crippen molar-refractivity contribution in [1.29, 1.82) is 0 Å². The molecule has 0 rings (SSSR count). The average Bonchev–Trinajstić information content (AvgIpc) is 1.35. The van der Waals surface area contributed by atoms with Crippen molar-refractivity contribution in [3.05, 3.63) is 4.29 Å². The van der Waals surface area contributed by atoms with Crippen LogP contribution in [0.3, 0.4) is 0 Å². The van der Waals surface area contributed by atoms with E-state index in [1.165, 1.54) is 0 Å². The van der Waals surface area contributed by atoms with Gasteiger partial charge in [0.15, 0.2) is 0 Å². The maximum Gasteiger partial charge on any atom is 0.128 e. The van der Waals surface area contributed by atoms with E-state index in [1.807, 2.05) is 0 Å². The van der Waals surface area contributed by atoms with Gasteiger partial charge in [-0.2, -0.15) is 0 Å². The third-order valence-corrected chi connectivity index (χ3v) is 1.02. The third-order valence-electron chi connectivity index (χ3n) is 0.439. The molecule has 0 aliphatic heterocycles. The smallest absolute Gasteiger partial charge is 0.104 e. The molecule has 0 saturated carbocycles. The SMILES string of the molecule is CCC[C](Cl)Br. The average molecular weight is 170 g/mol. The quantitative estimate of drug-likeness (QED) is 0.598. The molecule has 2 heteroatoms. The lowest BCUT2D eigenvalue weighted by atomic mass is 10.4. The highest BCUT2D eigenvalue weighted by molar-refractivity contribution is 9.11. The van der Waals surface area contributed by atoms with Crippen LogP contribution in [0.2, 0.25) is 0 Å². The van der Waals surface area contributed by atoms with Gasteiger partial charge in [-0.25, -0.2) is 0 Å². The fourth-order valence-corrected chi connectivity index (χ4v) is 0.774. The zero-order chi connectivity index (χ0) is 4.99. The summed E-state index contributed by atoms with van der Waals surface area (Å²) in [7, 11) is 0. The van der Waals surface area contributed by atoms with E-state index < -0.39 is 0 Å². The molecule has 6 heavy (non-hydrogen) atoms. The van der Waals surface area contributed by atoms with Crippen molar-refractivity contribution in [1.82, 2.24) is 0 Å². The lowest BCUT2D eigenvalue weighted by Crippen LogP contribution is -1.69. The second-order valence-electron chi connectivity index (χ2n) is 1.09. The van der Waals surface area contributed by atoms with Crippen molar-refractivity contribution in [2.75, 3.05) is 0 Å². The normalized spacial score (nSPS) is 10.0. The van der Waals surface area contributed by atoms with Crippen molar-refractivity contribution in [3.63, 3.8) is 0 Å². The summed E-state index contributed by atoms with van der Waals surface area (Å²) in [5.41, 5.74) is 0. The van der Waals surface area contributed by atoms with Gasteiger partial charge < -0.3 is 0 Å². The molecule has 0 heterocycles. The van der Waals surface area contributed by atoms with E-state index in [-0.39, 0.29) is 0 Å². The fourth-order valence-electron chi connectivity index (χ4n) is 0.189. The number of halogens is 2. The van der Waals surface area contributed by atoms with E-state index in [1.54, 1.807) is 0 Å². The summed E-state index contributed by atoms with van der Waals surface area (Å²) < 4.78 is 0.824. The highest BCUT2D eigenvalue weighted by Gasteiger charge is 1.92. The zero-order valence-corrected chi connectivity index (χ0v) is 6.01. The Bertz CT molecular complexity index is 28.7. The molecule has 0 N–H and O–H groups in total. The minimum absolute atomic E-state index is 0.824. The van der Waals surface area contributed by atoms with Crippen LogP contribution in [0.15, 0.2) is 0 Å². The van der Waals surface area contributed by atoms with Crippen LogP contribution < -0.4 is 0 Å². The van der Waals surface area contributed by atoms with Gasteiger partial charge >= 0.3 is 0 Å². The summed E-state index contributed by atoms with van der Waals surface area (Å²) in [4.78, 5) is 0. The van der Waals surface area contributed by atoms with Gasteiger partial charge in [-0.3, -0.25) is 0 Å². The second kappa shape index (κ2) is 3.94. The first-order valence-electron chi connectivity index (χ1n) is 1.94. The number of hydrogen-bond donors (Lipinski definition) is 0. The van der Waals surface area contributed by atoms with E-state index in [2.05, 4.69) is 22.9 Å². The van der Waals surface area contributed by atoms with E-state index in [0.29, 0.717) is 0 Å². The van der Waals surface area contributed by atoms with Gasteiger partial charge in [0.2, 0.25) is 0 Å². The second-order valence-corrected chi connectivity index (χ2v) is 2.96. The molecule has 0 bridgehead atoms. The van der Waals surface area contributed by atoms with Crippen LogP contribution in [-0.2, 0) is 0 Å². The van der Waals surface area contributed by atoms with Crippen LogP contribution >= 0.6 is 27.5 Å². The molecule has 0 aliphatic carbocycles. The van der Waals surface area contributed by atoms with Gasteiger partial charge in [-0.1, -0.05) is 29.3 Å². The van der Waals surface area contributed by atoms with Crippen LogP contribution in [0.5, 0.6) is 0 Å². The maximum absolute atomic E-state index is 5.41. The highest BCUT2D eigenvalue weighted by atomic mass is 79.9. The van der Waals surface area contributed by atoms with Crippen molar-refractivity contribution < 1.29 is 0 Å². The van der Waals surface area contributed by atoms with Gasteiger partial charge in [0.25, 0.3) is 0 Å². The molecule has 0 nitrogen and oxygen atoms in total. The largest absolute Gasteiger partial charge is 0.128 e. The Morgan fingerprint density at radius 2 is 2.33 bits per heavy atom. The van der Waals surface area contributed by atoms with E-state index in [9.17, 15) is 0 Å². The molecule has 0 atom stereocenters. The van der Waals surface area contributed by atoms with E-state index in [4.69, 9.17) is 11.6 Å². The predicted octanol–water partition coefficient (Wildman–Crippen LogP) is 2.91. The summed E-state index contributed by atoms with van der Waals surface area (Å²) in [6, 6.07) is 0. The Hall–Kier alpha value is 0.770. The monoisotopic (exact) mass is 169 g/mol. The molecule has 0 fully saturated rings. The Morgan fingerprint density at radius 1 is 1.83 bits per heavy atom. The van der Waals surface area contributed by atoms with Crippen LogP contribution in [0.25, 0.3) is 0 Å². The summed E-state index contributed by atoms with van der Waals surface area (Å²) >= 11 is 8.53. The predicted molar refractivity (Wildman–Crippen MR) is 32.9 cm³/mol. The van der Waals surface area contributed by atoms with E-state index in [0.717, 1.165) is 17.1 Å². The van der Waals surface area contributed by atoms with Crippen LogP contribution in [-0.4, -0.2) is 0 Å². The Kier molecular flexibility index (Phi) is 4.45. The lowest BCUT2D eigenvalue weighted by molar-refractivity contribution is 0.931. The van der Waals surface area contributed by atoms with Crippen LogP contribution in [0.4, 0.5) is 0 Å². The Labute approximate surface area is 52.0 Å². The zero-order valence-electron chi connectivity index (χ0n) is 3.67. The van der Waals surface area contributed by atoms with Crippen LogP contribution in [0, 0.1) is 4.29 Å². The fraction of sp³-hybridized carbons (Fsp3) is 0.750. The van der Waals surface area contributed by atoms with Crippen molar-refractivity contribution >= 4 is 27.5 Å². The van der Waals surface area contributed by atoms with E-state index >= 15 is 0 Å². The summed E-state index contributed by atoms with van der Waals surface area (Å²) in [6.07, 6.45) is 2.09. The molecule has 0 saturated heterocycles. The molecule has 0 aliphatic rings. The number of rotatable bonds is 2. The molecular formula is C4H7BrCl. The van der Waals surface area contributed by atoms with Gasteiger partial charge in [0.1, 0.15) is 4.29 Å². The minimum Gasteiger partial charge on any atom is -0.104 e. The van der Waals surface area contributed by atoms with Gasteiger partial charge in [-0.05, 0) is 6.42 Å². The lowest BCUT2D eigenvalue weighted by Gasteiger charge is -1.89.